The molecule has 4 atom stereocenters. The number of carbonyl (C=O) groups is 6. The van der Waals surface area contributed by atoms with Gasteiger partial charge in [-0.05, 0) is 50.6 Å². The van der Waals surface area contributed by atoms with Crippen LogP contribution < -0.4 is 16.4 Å². The molecule has 5 N–H and O–H groups in total. The van der Waals surface area contributed by atoms with Crippen molar-refractivity contribution >= 4 is 35.7 Å². The van der Waals surface area contributed by atoms with Crippen molar-refractivity contribution in [2.75, 3.05) is 26.8 Å². The van der Waals surface area contributed by atoms with Crippen LogP contribution in [0.4, 0.5) is 4.79 Å². The molecule has 2 aliphatic rings. The molecular formula is C28H39N5O9. The molecule has 14 heteroatoms. The fourth-order valence-corrected chi connectivity index (χ4v) is 5.05. The van der Waals surface area contributed by atoms with E-state index in [1.807, 2.05) is 6.07 Å². The number of imide groups is 1. The van der Waals surface area contributed by atoms with Crippen molar-refractivity contribution in [3.8, 4) is 0 Å². The van der Waals surface area contributed by atoms with Crippen molar-refractivity contribution in [1.29, 1.82) is 0 Å². The van der Waals surface area contributed by atoms with Crippen LogP contribution in [0.25, 0.3) is 0 Å². The molecule has 2 aliphatic heterocycles. The van der Waals surface area contributed by atoms with Crippen LogP contribution in [0.1, 0.15) is 50.5 Å². The van der Waals surface area contributed by atoms with E-state index in [1.54, 1.807) is 24.3 Å². The number of aliphatic hydroxyl groups is 1. The highest BCUT2D eigenvalue weighted by molar-refractivity contribution is 6.02. The average molecular weight is 590 g/mol. The number of aliphatic hydroxyl groups excluding tert-OH is 1. The molecule has 0 unspecified atom stereocenters. The number of benzene rings is 1. The van der Waals surface area contributed by atoms with Gasteiger partial charge in [-0.15, -0.1) is 0 Å². The molecule has 42 heavy (non-hydrogen) atoms. The summed E-state index contributed by atoms with van der Waals surface area (Å²) in [5.41, 5.74) is 6.21. The third-order valence-electron chi connectivity index (χ3n) is 7.30. The van der Waals surface area contributed by atoms with E-state index in [4.69, 9.17) is 15.2 Å². The SMILES string of the molecule is COC(=O)[C@H](CCCCN)NC(=O)[C@H](CO)NC(=O)[C@@H]1CCCN1C(=O)[C@@H]1CCC(=O)N1C(=O)OCc1ccccc1. The van der Waals surface area contributed by atoms with Gasteiger partial charge in [0, 0.05) is 13.0 Å². The number of esters is 1. The third kappa shape index (κ3) is 8.26. The summed E-state index contributed by atoms with van der Waals surface area (Å²) in [6.45, 7) is -0.216. The van der Waals surface area contributed by atoms with E-state index in [0.717, 1.165) is 4.90 Å². The second-order valence-electron chi connectivity index (χ2n) is 10.2. The van der Waals surface area contributed by atoms with Gasteiger partial charge in [0.2, 0.25) is 23.6 Å². The Bertz CT molecular complexity index is 1130. The lowest BCUT2D eigenvalue weighted by Gasteiger charge is -2.30. The van der Waals surface area contributed by atoms with Crippen molar-refractivity contribution in [2.24, 2.45) is 5.73 Å². The standard InChI is InChI=1S/C28H39N5O9/c1-41-27(39)19(10-5-6-14-29)30-24(36)20(16-34)31-25(37)21-11-7-15-32(21)26(38)22-12-13-23(35)33(22)28(40)42-17-18-8-3-2-4-9-18/h2-4,8-9,19-22,34H,5-7,10-17,29H2,1H3,(H,30,36)(H,31,37)/t19-,20-,21-,22-/m0/s1. The quantitative estimate of drug-likeness (QED) is 0.173. The Hall–Kier alpha value is -4.04. The normalized spacial score (nSPS) is 19.6. The molecule has 0 spiro atoms. The highest BCUT2D eigenvalue weighted by atomic mass is 16.6. The number of nitrogens with zero attached hydrogens (tertiary/aromatic N) is 2. The fraction of sp³-hybridized carbons (Fsp3) is 0.571. The number of carbonyl (C=O) groups excluding carboxylic acids is 6. The molecular weight excluding hydrogens is 550 g/mol. The third-order valence-corrected chi connectivity index (χ3v) is 7.30. The van der Waals surface area contributed by atoms with Crippen molar-refractivity contribution in [3.05, 3.63) is 35.9 Å². The molecule has 230 valence electrons. The first-order valence-corrected chi connectivity index (χ1v) is 14.0. The van der Waals surface area contributed by atoms with E-state index < -0.39 is 66.5 Å². The summed E-state index contributed by atoms with van der Waals surface area (Å²) in [7, 11) is 1.18. The van der Waals surface area contributed by atoms with Gasteiger partial charge in [0.05, 0.1) is 13.7 Å². The Morgan fingerprint density at radius 1 is 1.05 bits per heavy atom. The van der Waals surface area contributed by atoms with Crippen molar-refractivity contribution in [3.63, 3.8) is 0 Å². The Kier molecular flexibility index (Phi) is 12.2. The van der Waals surface area contributed by atoms with Crippen molar-refractivity contribution in [1.82, 2.24) is 20.4 Å². The first-order valence-electron chi connectivity index (χ1n) is 14.0. The van der Waals surface area contributed by atoms with E-state index in [2.05, 4.69) is 10.6 Å². The molecule has 0 aromatic heterocycles. The summed E-state index contributed by atoms with van der Waals surface area (Å²) in [5, 5.41) is 14.8. The molecule has 3 rings (SSSR count). The number of nitrogens with two attached hydrogens (primary N) is 1. The van der Waals surface area contributed by atoms with Gasteiger partial charge in [-0.25, -0.2) is 14.5 Å². The van der Waals surface area contributed by atoms with Gasteiger partial charge >= 0.3 is 12.1 Å². The van der Waals surface area contributed by atoms with E-state index in [0.29, 0.717) is 31.4 Å². The number of likely N-dealkylation sites (tertiary alicyclic amines) is 2. The summed E-state index contributed by atoms with van der Waals surface area (Å²) in [5.74, 6) is -3.27. The number of hydrogen-bond acceptors (Lipinski definition) is 10. The number of rotatable bonds is 13. The Balaban J connectivity index is 1.63. The lowest BCUT2D eigenvalue weighted by atomic mass is 10.1. The number of amides is 5. The maximum absolute atomic E-state index is 13.5. The topological polar surface area (TPSA) is 198 Å². The van der Waals surface area contributed by atoms with Gasteiger partial charge in [0.25, 0.3) is 0 Å². The number of hydrogen-bond donors (Lipinski definition) is 4. The van der Waals surface area contributed by atoms with E-state index in [9.17, 15) is 33.9 Å². The second-order valence-corrected chi connectivity index (χ2v) is 10.2. The smallest absolute Gasteiger partial charge is 0.417 e. The van der Waals surface area contributed by atoms with Gasteiger partial charge in [0.1, 0.15) is 30.8 Å². The predicted octanol–water partition coefficient (Wildman–Crippen LogP) is -0.431. The highest BCUT2D eigenvalue weighted by Gasteiger charge is 2.46. The van der Waals surface area contributed by atoms with Crippen LogP contribution in [-0.4, -0.2) is 102 Å². The van der Waals surface area contributed by atoms with Crippen molar-refractivity contribution in [2.45, 2.75) is 75.7 Å². The molecule has 0 bridgehead atoms. The number of ether oxygens (including phenoxy) is 2. The Morgan fingerprint density at radius 3 is 2.45 bits per heavy atom. The maximum atomic E-state index is 13.5. The zero-order valence-corrected chi connectivity index (χ0v) is 23.7. The van der Waals surface area contributed by atoms with Crippen LogP contribution in [0, 0.1) is 0 Å². The lowest BCUT2D eigenvalue weighted by Crippen LogP contribution is -2.58. The van der Waals surface area contributed by atoms with Crippen LogP contribution in [0.2, 0.25) is 0 Å². The highest BCUT2D eigenvalue weighted by Crippen LogP contribution is 2.26. The Morgan fingerprint density at radius 2 is 1.79 bits per heavy atom. The van der Waals surface area contributed by atoms with E-state index >= 15 is 0 Å². The monoisotopic (exact) mass is 589 g/mol. The molecule has 1 aromatic rings. The Labute approximate surface area is 243 Å². The molecule has 2 saturated heterocycles. The minimum atomic E-state index is -1.39. The summed E-state index contributed by atoms with van der Waals surface area (Å²) < 4.78 is 10.0. The molecule has 1 aromatic carbocycles. The van der Waals surface area contributed by atoms with Crippen LogP contribution in [0.3, 0.4) is 0 Å². The number of nitrogens with one attached hydrogen (secondary N) is 2. The summed E-state index contributed by atoms with van der Waals surface area (Å²) in [4.78, 5) is 79.1. The van der Waals surface area contributed by atoms with Gasteiger partial charge in [0.15, 0.2) is 0 Å². The van der Waals surface area contributed by atoms with Crippen LogP contribution in [0.15, 0.2) is 30.3 Å². The summed E-state index contributed by atoms with van der Waals surface area (Å²) >= 11 is 0. The van der Waals surface area contributed by atoms with Gasteiger partial charge in [-0.2, -0.15) is 0 Å². The second kappa shape index (κ2) is 15.8. The summed E-state index contributed by atoms with van der Waals surface area (Å²) in [6.07, 6.45) is 1.31. The van der Waals surface area contributed by atoms with Gasteiger partial charge < -0.3 is 35.8 Å². The molecule has 14 nitrogen and oxygen atoms in total. The fourth-order valence-electron chi connectivity index (χ4n) is 5.05. The van der Waals surface area contributed by atoms with E-state index in [1.165, 1.54) is 12.0 Å². The minimum absolute atomic E-state index is 0.0268. The first-order chi connectivity index (χ1) is 20.2. The van der Waals surface area contributed by atoms with E-state index in [-0.39, 0.29) is 38.8 Å². The van der Waals surface area contributed by atoms with Gasteiger partial charge in [-0.3, -0.25) is 19.2 Å². The number of unbranched alkanes of at least 4 members (excludes halogenated alkanes) is 1. The average Bonchev–Trinajstić information content (AvgIpc) is 3.65. The molecule has 5 amide bonds. The molecule has 0 saturated carbocycles. The largest absolute Gasteiger partial charge is 0.467 e. The van der Waals surface area contributed by atoms with Crippen LogP contribution >= 0.6 is 0 Å². The zero-order chi connectivity index (χ0) is 30.6. The van der Waals surface area contributed by atoms with Gasteiger partial charge in [-0.1, -0.05) is 30.3 Å². The van der Waals surface area contributed by atoms with Crippen LogP contribution in [-0.2, 0) is 40.1 Å². The minimum Gasteiger partial charge on any atom is -0.467 e. The van der Waals surface area contributed by atoms with Crippen molar-refractivity contribution < 1.29 is 43.3 Å². The maximum Gasteiger partial charge on any atom is 0.417 e. The lowest BCUT2D eigenvalue weighted by molar-refractivity contribution is -0.146. The summed E-state index contributed by atoms with van der Waals surface area (Å²) in [6, 6.07) is 4.39. The van der Waals surface area contributed by atoms with Crippen LogP contribution in [0.5, 0.6) is 0 Å². The molecule has 2 fully saturated rings. The molecule has 2 heterocycles. The molecule has 0 radical (unpaired) electrons. The number of methoxy groups -OCH3 is 1. The zero-order valence-electron chi connectivity index (χ0n) is 23.7. The first kappa shape index (κ1) is 32.5. The predicted molar refractivity (Wildman–Crippen MR) is 147 cm³/mol. The molecule has 0 aliphatic carbocycles.